The summed E-state index contributed by atoms with van der Waals surface area (Å²) >= 11 is 0. The molecule has 98 valence electrons. The van der Waals surface area contributed by atoms with Gasteiger partial charge in [-0.15, -0.1) is 0 Å². The first-order chi connectivity index (χ1) is 8.42. The van der Waals surface area contributed by atoms with Crippen LogP contribution in [-0.2, 0) is 9.47 Å². The number of carbonyl (C=O) groups excluding carboxylic acids is 1. The Bertz CT molecular complexity index is 454. The van der Waals surface area contributed by atoms with Gasteiger partial charge in [0.1, 0.15) is 11.7 Å². The number of hydrogen-bond donors (Lipinski definition) is 0. The van der Waals surface area contributed by atoms with Crippen molar-refractivity contribution < 1.29 is 14.3 Å². The van der Waals surface area contributed by atoms with Crippen LogP contribution in [0.15, 0.2) is 18.5 Å². The van der Waals surface area contributed by atoms with Crippen LogP contribution in [0.4, 0.5) is 10.5 Å². The summed E-state index contributed by atoms with van der Waals surface area (Å²) in [6.45, 7) is 6.00. The average molecular weight is 250 g/mol. The van der Waals surface area contributed by atoms with Gasteiger partial charge in [-0.2, -0.15) is 0 Å². The fourth-order valence-electron chi connectivity index (χ4n) is 1.95. The molecule has 2 heterocycles. The topological polar surface area (TPSA) is 51.7 Å². The van der Waals surface area contributed by atoms with Gasteiger partial charge in [-0.3, -0.25) is 9.88 Å². The van der Waals surface area contributed by atoms with Crippen molar-refractivity contribution in [3.8, 4) is 0 Å². The molecule has 1 aromatic heterocycles. The van der Waals surface area contributed by atoms with Crippen LogP contribution in [0.2, 0.25) is 0 Å². The zero-order valence-corrected chi connectivity index (χ0v) is 11.1. The van der Waals surface area contributed by atoms with E-state index in [1.54, 1.807) is 24.4 Å². The highest BCUT2D eigenvalue weighted by Crippen LogP contribution is 2.36. The predicted molar refractivity (Wildman–Crippen MR) is 67.6 cm³/mol. The summed E-state index contributed by atoms with van der Waals surface area (Å²) in [6, 6.07) is 1.87. The maximum atomic E-state index is 12.1. The number of anilines is 1. The first-order valence-electron chi connectivity index (χ1n) is 5.89. The van der Waals surface area contributed by atoms with Gasteiger partial charge >= 0.3 is 6.09 Å². The van der Waals surface area contributed by atoms with Gasteiger partial charge in [-0.05, 0) is 26.8 Å². The summed E-state index contributed by atoms with van der Waals surface area (Å²) < 4.78 is 10.7. The van der Waals surface area contributed by atoms with Crippen molar-refractivity contribution in [3.63, 3.8) is 0 Å². The third-order valence-corrected chi connectivity index (χ3v) is 2.72. The van der Waals surface area contributed by atoms with Crippen LogP contribution in [0.5, 0.6) is 0 Å². The van der Waals surface area contributed by atoms with Crippen LogP contribution in [0.3, 0.4) is 0 Å². The Kier molecular flexibility index (Phi) is 3.26. The third kappa shape index (κ3) is 2.46. The van der Waals surface area contributed by atoms with Crippen molar-refractivity contribution in [1.82, 2.24) is 4.98 Å². The molecule has 5 nitrogen and oxygen atoms in total. The zero-order chi connectivity index (χ0) is 13.3. The van der Waals surface area contributed by atoms with E-state index in [1.807, 2.05) is 26.8 Å². The minimum atomic E-state index is -0.509. The van der Waals surface area contributed by atoms with E-state index in [1.165, 1.54) is 0 Å². The molecular weight excluding hydrogens is 232 g/mol. The van der Waals surface area contributed by atoms with Crippen LogP contribution in [0.25, 0.3) is 0 Å². The minimum absolute atomic E-state index is 0.115. The Hall–Kier alpha value is -1.62. The van der Waals surface area contributed by atoms with E-state index in [0.29, 0.717) is 6.54 Å². The van der Waals surface area contributed by atoms with E-state index in [2.05, 4.69) is 4.98 Å². The summed E-state index contributed by atoms with van der Waals surface area (Å²) in [5, 5.41) is 0. The van der Waals surface area contributed by atoms with Crippen LogP contribution in [0, 0.1) is 0 Å². The second-order valence-corrected chi connectivity index (χ2v) is 5.25. The Morgan fingerprint density at radius 3 is 2.83 bits per heavy atom. The highest BCUT2D eigenvalue weighted by Gasteiger charge is 2.34. The second kappa shape index (κ2) is 4.57. The van der Waals surface area contributed by atoms with Gasteiger partial charge in [-0.25, -0.2) is 4.79 Å². The summed E-state index contributed by atoms with van der Waals surface area (Å²) in [5.74, 6) is 0. The molecule has 1 aliphatic heterocycles. The van der Waals surface area contributed by atoms with Gasteiger partial charge in [-0.1, -0.05) is 0 Å². The number of amides is 1. The van der Waals surface area contributed by atoms with E-state index >= 15 is 0 Å². The van der Waals surface area contributed by atoms with E-state index in [4.69, 9.17) is 9.47 Å². The third-order valence-electron chi connectivity index (χ3n) is 2.72. The molecule has 0 radical (unpaired) electrons. The normalized spacial score (nSPS) is 18.7. The molecule has 18 heavy (non-hydrogen) atoms. The highest BCUT2D eigenvalue weighted by molar-refractivity contribution is 5.90. The molecule has 0 saturated carbocycles. The number of pyridine rings is 1. The van der Waals surface area contributed by atoms with Gasteiger partial charge in [0, 0.05) is 18.9 Å². The van der Waals surface area contributed by atoms with E-state index in [-0.39, 0.29) is 12.2 Å². The maximum absolute atomic E-state index is 12.1. The lowest BCUT2D eigenvalue weighted by molar-refractivity contribution is 0.0552. The Balaban J connectivity index is 2.24. The smallest absolute Gasteiger partial charge is 0.414 e. The molecule has 1 atom stereocenters. The van der Waals surface area contributed by atoms with Gasteiger partial charge in [0.05, 0.1) is 18.4 Å². The number of aromatic nitrogens is 1. The first kappa shape index (κ1) is 12.8. The van der Waals surface area contributed by atoms with Crippen molar-refractivity contribution in [2.45, 2.75) is 32.5 Å². The molecule has 1 aromatic rings. The molecule has 2 rings (SSSR count). The van der Waals surface area contributed by atoms with Crippen LogP contribution in [-0.4, -0.2) is 30.3 Å². The largest absolute Gasteiger partial charge is 0.443 e. The Labute approximate surface area is 107 Å². The van der Waals surface area contributed by atoms with Crippen LogP contribution in [0.1, 0.15) is 32.4 Å². The van der Waals surface area contributed by atoms with Crippen molar-refractivity contribution >= 4 is 11.8 Å². The maximum Gasteiger partial charge on any atom is 0.414 e. The second-order valence-electron chi connectivity index (χ2n) is 5.25. The monoisotopic (exact) mass is 250 g/mol. The Morgan fingerprint density at radius 2 is 2.22 bits per heavy atom. The van der Waals surface area contributed by atoms with Crippen LogP contribution >= 0.6 is 0 Å². The highest BCUT2D eigenvalue weighted by atomic mass is 16.6. The fraction of sp³-hybridized carbons (Fsp3) is 0.538. The van der Waals surface area contributed by atoms with Crippen LogP contribution < -0.4 is 4.90 Å². The lowest BCUT2D eigenvalue weighted by Crippen LogP contribution is -2.36. The standard InChI is InChI=1S/C13H18N2O3/c1-13(2,3)18-12(16)15-8-11(17-4)9-5-6-14-7-10(9)15/h5-7,11H,8H2,1-4H3. The molecule has 0 saturated heterocycles. The minimum Gasteiger partial charge on any atom is -0.443 e. The number of nitrogens with zero attached hydrogens (tertiary/aromatic N) is 2. The first-order valence-corrected chi connectivity index (χ1v) is 5.89. The number of methoxy groups -OCH3 is 1. The number of ether oxygens (including phenoxy) is 2. The number of fused-ring (bicyclic) bond motifs is 1. The molecule has 1 amide bonds. The molecule has 1 unspecified atom stereocenters. The zero-order valence-electron chi connectivity index (χ0n) is 11.1. The van der Waals surface area contributed by atoms with Crippen molar-refractivity contribution in [2.75, 3.05) is 18.6 Å². The van der Waals surface area contributed by atoms with Gasteiger partial charge in [0.25, 0.3) is 0 Å². The van der Waals surface area contributed by atoms with Gasteiger partial charge < -0.3 is 9.47 Å². The molecule has 5 heteroatoms. The number of hydrogen-bond acceptors (Lipinski definition) is 4. The summed E-state index contributed by atoms with van der Waals surface area (Å²) in [5.41, 5.74) is 1.22. The van der Waals surface area contributed by atoms with Gasteiger partial charge in [0.2, 0.25) is 0 Å². The molecule has 0 spiro atoms. The SMILES string of the molecule is COC1CN(C(=O)OC(C)(C)C)c2cnccc21. The van der Waals surface area contributed by atoms with Crippen molar-refractivity contribution in [3.05, 3.63) is 24.0 Å². The van der Waals surface area contributed by atoms with Crippen molar-refractivity contribution in [1.29, 1.82) is 0 Å². The molecule has 0 N–H and O–H groups in total. The fourth-order valence-corrected chi connectivity index (χ4v) is 1.95. The molecule has 0 aromatic carbocycles. The quantitative estimate of drug-likeness (QED) is 0.768. The molecular formula is C13H18N2O3. The number of carbonyl (C=O) groups is 1. The molecule has 0 fully saturated rings. The Morgan fingerprint density at radius 1 is 1.50 bits per heavy atom. The van der Waals surface area contributed by atoms with Gasteiger partial charge in [0.15, 0.2) is 0 Å². The summed E-state index contributed by atoms with van der Waals surface area (Å²) in [4.78, 5) is 17.7. The van der Waals surface area contributed by atoms with E-state index in [0.717, 1.165) is 11.3 Å². The summed E-state index contributed by atoms with van der Waals surface area (Å²) in [6.07, 6.45) is 2.88. The molecule has 1 aliphatic rings. The molecule has 0 bridgehead atoms. The lowest BCUT2D eigenvalue weighted by atomic mass is 10.2. The summed E-state index contributed by atoms with van der Waals surface area (Å²) in [7, 11) is 1.63. The predicted octanol–water partition coefficient (Wildman–Crippen LogP) is 2.52. The van der Waals surface area contributed by atoms with E-state index in [9.17, 15) is 4.79 Å². The van der Waals surface area contributed by atoms with E-state index < -0.39 is 5.60 Å². The number of rotatable bonds is 1. The molecule has 0 aliphatic carbocycles. The lowest BCUT2D eigenvalue weighted by Gasteiger charge is -2.24. The average Bonchev–Trinajstić information content (AvgIpc) is 2.65. The van der Waals surface area contributed by atoms with Crippen molar-refractivity contribution in [2.24, 2.45) is 0 Å².